The average molecular weight is 469 g/mol. The largest absolute Gasteiger partial charge is 0.459 e. The number of benzene rings is 2. The Morgan fingerprint density at radius 3 is 1.71 bits per heavy atom. The molecule has 8 nitrogen and oxygen atoms in total. The summed E-state index contributed by atoms with van der Waals surface area (Å²) in [5, 5.41) is 3.10. The van der Waals surface area contributed by atoms with Gasteiger partial charge in [0, 0.05) is 0 Å². The molecular formula is C21H28N2O6S2. The molecule has 0 aliphatic carbocycles. The van der Waals surface area contributed by atoms with E-state index in [0.29, 0.717) is 0 Å². The fraction of sp³-hybridized carbons (Fsp3) is 0.381. The van der Waals surface area contributed by atoms with Crippen LogP contribution in [0.1, 0.15) is 33.6 Å². The second-order valence-corrected chi connectivity index (χ2v) is 11.5. The van der Waals surface area contributed by atoms with E-state index >= 15 is 0 Å². The molecule has 0 bridgehead atoms. The molecule has 2 N–H and O–H groups in total. The summed E-state index contributed by atoms with van der Waals surface area (Å²) in [4.78, 5) is 11.2. The van der Waals surface area contributed by atoms with E-state index in [4.69, 9.17) is 4.74 Å². The van der Waals surface area contributed by atoms with Crippen LogP contribution in [0.15, 0.2) is 70.5 Å². The third kappa shape index (κ3) is 8.06. The molecule has 1 fully saturated rings. The maximum atomic E-state index is 11.9. The first-order chi connectivity index (χ1) is 14.4. The fourth-order valence-electron chi connectivity index (χ4n) is 2.70. The Balaban J connectivity index is 0.000000245. The lowest BCUT2D eigenvalue weighted by Crippen LogP contribution is -2.37. The van der Waals surface area contributed by atoms with Gasteiger partial charge in [-0.25, -0.2) is 16.8 Å². The van der Waals surface area contributed by atoms with Crippen LogP contribution in [0.25, 0.3) is 0 Å². The minimum Gasteiger partial charge on any atom is -0.459 e. The van der Waals surface area contributed by atoms with Gasteiger partial charge in [-0.2, -0.15) is 0 Å². The zero-order chi connectivity index (χ0) is 23.1. The predicted molar refractivity (Wildman–Crippen MR) is 117 cm³/mol. The van der Waals surface area contributed by atoms with Gasteiger partial charge in [-0.05, 0) is 64.4 Å². The molecule has 1 aliphatic heterocycles. The van der Waals surface area contributed by atoms with E-state index in [1.807, 2.05) is 20.8 Å². The minimum absolute atomic E-state index is 0.0655. The van der Waals surface area contributed by atoms with E-state index < -0.39 is 20.0 Å². The molecule has 1 unspecified atom stereocenters. The second-order valence-electron chi connectivity index (χ2n) is 7.90. The van der Waals surface area contributed by atoms with Gasteiger partial charge in [0.05, 0.1) is 9.79 Å². The lowest BCUT2D eigenvalue weighted by atomic mass is 10.2. The van der Waals surface area contributed by atoms with E-state index in [0.717, 1.165) is 19.4 Å². The van der Waals surface area contributed by atoms with Crippen LogP contribution in [0.4, 0.5) is 0 Å². The highest BCUT2D eigenvalue weighted by atomic mass is 32.3. The van der Waals surface area contributed by atoms with Gasteiger partial charge in [-0.15, -0.1) is 4.13 Å². The molecule has 0 saturated carbocycles. The summed E-state index contributed by atoms with van der Waals surface area (Å²) in [5.41, 5.74) is -0.360. The lowest BCUT2D eigenvalue weighted by Gasteiger charge is -2.21. The second kappa shape index (κ2) is 10.4. The number of nitrogens with one attached hydrogen (secondary N) is 2. The van der Waals surface area contributed by atoms with Crippen molar-refractivity contribution in [1.29, 1.82) is 0 Å². The summed E-state index contributed by atoms with van der Waals surface area (Å²) in [7, 11) is -8.21. The molecule has 2 aromatic rings. The van der Waals surface area contributed by atoms with E-state index in [2.05, 4.69) is 5.32 Å². The smallest absolute Gasteiger partial charge is 0.323 e. The summed E-state index contributed by atoms with van der Waals surface area (Å²) in [5.74, 6) is -0.111. The van der Waals surface area contributed by atoms with Crippen molar-refractivity contribution in [1.82, 2.24) is 9.44 Å². The van der Waals surface area contributed by atoms with Gasteiger partial charge >= 0.3 is 5.97 Å². The molecule has 0 aromatic heterocycles. The first-order valence-electron chi connectivity index (χ1n) is 9.76. The van der Waals surface area contributed by atoms with Gasteiger partial charge in [-0.1, -0.05) is 36.4 Å². The maximum Gasteiger partial charge on any atom is 0.323 e. The normalized spacial score (nSPS) is 16.8. The third-order valence-electron chi connectivity index (χ3n) is 4.08. The van der Waals surface area contributed by atoms with E-state index in [1.54, 1.807) is 16.3 Å². The molecule has 1 saturated heterocycles. The first-order valence-corrected chi connectivity index (χ1v) is 12.7. The molecule has 0 amide bonds. The number of rotatable bonds is 5. The van der Waals surface area contributed by atoms with Crippen molar-refractivity contribution in [3.63, 3.8) is 0 Å². The molecule has 0 radical (unpaired) electrons. The zero-order valence-electron chi connectivity index (χ0n) is 17.7. The van der Waals surface area contributed by atoms with Crippen molar-refractivity contribution in [3.05, 3.63) is 60.7 Å². The topological polar surface area (TPSA) is 119 Å². The Morgan fingerprint density at radius 1 is 0.903 bits per heavy atom. The van der Waals surface area contributed by atoms with Crippen LogP contribution in [-0.2, 0) is 29.6 Å². The van der Waals surface area contributed by atoms with Crippen molar-refractivity contribution in [3.8, 4) is 0 Å². The third-order valence-corrected chi connectivity index (χ3v) is 7.62. The maximum absolute atomic E-state index is 11.9. The molecule has 1 aliphatic rings. The van der Waals surface area contributed by atoms with Crippen LogP contribution in [-0.4, -0.2) is 41.0 Å². The first kappa shape index (κ1) is 25.0. The predicted octanol–water partition coefficient (Wildman–Crippen LogP) is 2.43. The average Bonchev–Trinajstić information content (AvgIpc) is 3.23. The Bertz CT molecular complexity index is 990. The number of ether oxygens (including phenoxy) is 1. The van der Waals surface area contributed by atoms with Gasteiger partial charge in [-0.3, -0.25) is 4.79 Å². The molecule has 1 heterocycles. The number of hydrogen-bond donors (Lipinski definition) is 2. The van der Waals surface area contributed by atoms with Crippen molar-refractivity contribution in [2.45, 2.75) is 55.0 Å². The highest BCUT2D eigenvalue weighted by Crippen LogP contribution is 2.14. The molecule has 31 heavy (non-hydrogen) atoms. The summed E-state index contributed by atoms with van der Waals surface area (Å²) in [6.07, 6.45) is 1.98. The number of sulfonamides is 2. The van der Waals surface area contributed by atoms with Crippen LogP contribution in [0.5, 0.6) is 0 Å². The molecule has 2 aromatic carbocycles. The van der Waals surface area contributed by atoms with Crippen LogP contribution in [0.3, 0.4) is 0 Å². The van der Waals surface area contributed by atoms with Gasteiger partial charge in [0.1, 0.15) is 11.6 Å². The Labute approximate surface area is 184 Å². The van der Waals surface area contributed by atoms with Crippen molar-refractivity contribution < 1.29 is 26.4 Å². The Hall–Kier alpha value is -2.27. The van der Waals surface area contributed by atoms with Crippen LogP contribution >= 0.6 is 0 Å². The number of carbonyl (C=O) groups is 1. The lowest BCUT2D eigenvalue weighted by molar-refractivity contribution is -0.157. The monoisotopic (exact) mass is 468 g/mol. The minimum atomic E-state index is -4.10. The highest BCUT2D eigenvalue weighted by Gasteiger charge is 2.27. The summed E-state index contributed by atoms with van der Waals surface area (Å²) >= 11 is 0. The number of hydrogen-bond acceptors (Lipinski definition) is 7. The molecular weight excluding hydrogens is 440 g/mol. The summed E-state index contributed by atoms with van der Waals surface area (Å²) < 4.78 is 54.7. The standard InChI is InChI=1S/C12H11NO4S2.C9H17NO2/c14-18(15,11-7-3-1-4-8-11)13-19(16,17)12-9-5-2-6-10-12;1-9(2,3)12-8(11)7-5-4-6-10-7/h1-10,13H;7,10H,4-6H2,1-3H3. The van der Waals surface area contributed by atoms with Gasteiger partial charge in [0.15, 0.2) is 0 Å². The Kier molecular flexibility index (Phi) is 8.35. The van der Waals surface area contributed by atoms with Gasteiger partial charge < -0.3 is 10.1 Å². The quantitative estimate of drug-likeness (QED) is 0.647. The van der Waals surface area contributed by atoms with Crippen molar-refractivity contribution in [2.75, 3.05) is 6.54 Å². The molecule has 0 spiro atoms. The van der Waals surface area contributed by atoms with Crippen LogP contribution in [0.2, 0.25) is 0 Å². The zero-order valence-corrected chi connectivity index (χ0v) is 19.4. The molecule has 1 atom stereocenters. The highest BCUT2D eigenvalue weighted by molar-refractivity contribution is 8.04. The fourth-order valence-corrected chi connectivity index (χ4v) is 5.65. The summed E-state index contributed by atoms with van der Waals surface area (Å²) in [6, 6.07) is 14.6. The SMILES string of the molecule is CC(C)(C)OC(=O)C1CCCN1.O=S(=O)(NS(=O)(=O)c1ccccc1)c1ccccc1. The van der Waals surface area contributed by atoms with Gasteiger partial charge in [0.2, 0.25) is 0 Å². The number of esters is 1. The van der Waals surface area contributed by atoms with Crippen molar-refractivity contribution >= 4 is 26.0 Å². The van der Waals surface area contributed by atoms with Crippen LogP contribution in [0, 0.1) is 0 Å². The van der Waals surface area contributed by atoms with Gasteiger partial charge in [0.25, 0.3) is 20.0 Å². The van der Waals surface area contributed by atoms with E-state index in [1.165, 1.54) is 48.5 Å². The molecule has 170 valence electrons. The van der Waals surface area contributed by atoms with Crippen LogP contribution < -0.4 is 9.44 Å². The Morgan fingerprint density at radius 2 is 1.35 bits per heavy atom. The number of carbonyl (C=O) groups excluding carboxylic acids is 1. The summed E-state index contributed by atoms with van der Waals surface area (Å²) in [6.45, 7) is 6.60. The van der Waals surface area contributed by atoms with Crippen molar-refractivity contribution in [2.24, 2.45) is 0 Å². The van der Waals surface area contributed by atoms with E-state index in [-0.39, 0.29) is 27.4 Å². The van der Waals surface area contributed by atoms with E-state index in [9.17, 15) is 21.6 Å². The molecule has 10 heteroatoms. The molecule has 3 rings (SSSR count).